The SMILES string of the molecule is CC(N)C(C)(C)CNC(=O)CC#N. The number of rotatable bonds is 4. The Balaban J connectivity index is 3.89. The molecule has 4 nitrogen and oxygen atoms in total. The third kappa shape index (κ3) is 4.48. The van der Waals surface area contributed by atoms with E-state index in [0.717, 1.165) is 0 Å². The number of hydrogen-bond donors (Lipinski definition) is 2. The van der Waals surface area contributed by atoms with Gasteiger partial charge >= 0.3 is 0 Å². The van der Waals surface area contributed by atoms with E-state index >= 15 is 0 Å². The molecule has 0 aromatic heterocycles. The highest BCUT2D eigenvalue weighted by molar-refractivity contribution is 5.77. The Hall–Kier alpha value is -1.08. The van der Waals surface area contributed by atoms with E-state index in [1.807, 2.05) is 20.8 Å². The molecule has 3 N–H and O–H groups in total. The molecule has 0 rings (SSSR count). The molecule has 13 heavy (non-hydrogen) atoms. The zero-order valence-electron chi connectivity index (χ0n) is 8.42. The van der Waals surface area contributed by atoms with Crippen LogP contribution in [0.15, 0.2) is 0 Å². The first-order chi connectivity index (χ1) is 5.90. The molecule has 1 unspecified atom stereocenters. The van der Waals surface area contributed by atoms with E-state index in [2.05, 4.69) is 5.32 Å². The molecule has 0 saturated heterocycles. The van der Waals surface area contributed by atoms with Crippen LogP contribution in [0.25, 0.3) is 0 Å². The van der Waals surface area contributed by atoms with Gasteiger partial charge in [0.2, 0.25) is 5.91 Å². The van der Waals surface area contributed by atoms with Gasteiger partial charge in [-0.1, -0.05) is 13.8 Å². The van der Waals surface area contributed by atoms with Gasteiger partial charge in [0, 0.05) is 12.6 Å². The van der Waals surface area contributed by atoms with Crippen LogP contribution in [0.2, 0.25) is 0 Å². The second-order valence-electron chi connectivity index (χ2n) is 3.89. The molecule has 0 heterocycles. The maximum Gasteiger partial charge on any atom is 0.234 e. The highest BCUT2D eigenvalue weighted by Gasteiger charge is 2.23. The average molecular weight is 183 g/mol. The Morgan fingerprint density at radius 3 is 2.62 bits per heavy atom. The normalized spacial score (nSPS) is 13.2. The van der Waals surface area contributed by atoms with Gasteiger partial charge in [0.1, 0.15) is 6.42 Å². The standard InChI is InChI=1S/C9H17N3O/c1-7(11)9(2,3)6-12-8(13)4-5-10/h7H,4,6,11H2,1-3H3,(H,12,13). The van der Waals surface area contributed by atoms with Crippen molar-refractivity contribution in [1.82, 2.24) is 5.32 Å². The Morgan fingerprint density at radius 1 is 1.69 bits per heavy atom. The lowest BCUT2D eigenvalue weighted by Crippen LogP contribution is -2.44. The van der Waals surface area contributed by atoms with E-state index < -0.39 is 0 Å². The molecule has 0 spiro atoms. The molecule has 0 bridgehead atoms. The lowest BCUT2D eigenvalue weighted by atomic mass is 9.86. The predicted octanol–water partition coefficient (Wildman–Crippen LogP) is 0.390. The lowest BCUT2D eigenvalue weighted by Gasteiger charge is -2.28. The maximum absolute atomic E-state index is 10.9. The minimum Gasteiger partial charge on any atom is -0.355 e. The second-order valence-corrected chi connectivity index (χ2v) is 3.89. The summed E-state index contributed by atoms with van der Waals surface area (Å²) >= 11 is 0. The molecular weight excluding hydrogens is 166 g/mol. The molecule has 0 aliphatic rings. The van der Waals surface area contributed by atoms with Crippen LogP contribution >= 0.6 is 0 Å². The second kappa shape index (κ2) is 4.83. The van der Waals surface area contributed by atoms with E-state index in [-0.39, 0.29) is 23.8 Å². The van der Waals surface area contributed by atoms with Crippen LogP contribution in [0.4, 0.5) is 0 Å². The Kier molecular flexibility index (Phi) is 4.43. The first-order valence-electron chi connectivity index (χ1n) is 4.29. The fraction of sp³-hybridized carbons (Fsp3) is 0.778. The van der Waals surface area contributed by atoms with Gasteiger partial charge in [0.05, 0.1) is 6.07 Å². The van der Waals surface area contributed by atoms with Gasteiger partial charge in [0.25, 0.3) is 0 Å². The zero-order valence-corrected chi connectivity index (χ0v) is 8.42. The number of amides is 1. The molecule has 0 radical (unpaired) electrons. The highest BCUT2D eigenvalue weighted by Crippen LogP contribution is 2.16. The zero-order chi connectivity index (χ0) is 10.5. The molecule has 0 aromatic rings. The van der Waals surface area contributed by atoms with Gasteiger partial charge < -0.3 is 11.1 Å². The Morgan fingerprint density at radius 2 is 2.23 bits per heavy atom. The number of nitriles is 1. The quantitative estimate of drug-likeness (QED) is 0.661. The maximum atomic E-state index is 10.9. The van der Waals surface area contributed by atoms with E-state index in [1.54, 1.807) is 6.07 Å². The number of nitrogens with one attached hydrogen (secondary N) is 1. The lowest BCUT2D eigenvalue weighted by molar-refractivity contribution is -0.120. The van der Waals surface area contributed by atoms with Crippen LogP contribution in [0.1, 0.15) is 27.2 Å². The minimum absolute atomic E-state index is 0.00915. The number of carbonyl (C=O) groups is 1. The van der Waals surface area contributed by atoms with Crippen LogP contribution in [-0.4, -0.2) is 18.5 Å². The van der Waals surface area contributed by atoms with Crippen LogP contribution in [0.5, 0.6) is 0 Å². The molecule has 0 saturated carbocycles. The predicted molar refractivity (Wildman–Crippen MR) is 50.7 cm³/mol. The van der Waals surface area contributed by atoms with Gasteiger partial charge in [0.15, 0.2) is 0 Å². The summed E-state index contributed by atoms with van der Waals surface area (Å²) in [6, 6.07) is 1.80. The minimum atomic E-state index is -0.240. The smallest absolute Gasteiger partial charge is 0.234 e. The molecule has 0 aliphatic carbocycles. The molecule has 0 aliphatic heterocycles. The fourth-order valence-corrected chi connectivity index (χ4v) is 0.622. The van der Waals surface area contributed by atoms with Gasteiger partial charge in [-0.3, -0.25) is 4.79 Å². The molecule has 0 aromatic carbocycles. The monoisotopic (exact) mass is 183 g/mol. The highest BCUT2D eigenvalue weighted by atomic mass is 16.1. The molecule has 1 amide bonds. The van der Waals surface area contributed by atoms with E-state index in [9.17, 15) is 4.79 Å². The van der Waals surface area contributed by atoms with Crippen molar-refractivity contribution in [3.8, 4) is 6.07 Å². The Bertz CT molecular complexity index is 215. The van der Waals surface area contributed by atoms with Gasteiger partial charge in [-0.2, -0.15) is 5.26 Å². The number of carbonyl (C=O) groups excluding carboxylic acids is 1. The van der Waals surface area contributed by atoms with Crippen molar-refractivity contribution in [2.45, 2.75) is 33.2 Å². The average Bonchev–Trinajstić information content (AvgIpc) is 2.01. The summed E-state index contributed by atoms with van der Waals surface area (Å²) in [6.07, 6.45) is -0.0883. The molecule has 74 valence electrons. The van der Waals surface area contributed by atoms with E-state index in [4.69, 9.17) is 11.0 Å². The first-order valence-corrected chi connectivity index (χ1v) is 4.29. The molecule has 4 heteroatoms. The van der Waals surface area contributed by atoms with Crippen LogP contribution in [-0.2, 0) is 4.79 Å². The van der Waals surface area contributed by atoms with Gasteiger partial charge in [-0.05, 0) is 12.3 Å². The third-order valence-electron chi connectivity index (χ3n) is 2.21. The summed E-state index contributed by atoms with van der Waals surface area (Å²) in [4.78, 5) is 10.9. The summed E-state index contributed by atoms with van der Waals surface area (Å²) in [6.45, 7) is 6.36. The summed E-state index contributed by atoms with van der Waals surface area (Å²) < 4.78 is 0. The number of nitrogens with zero attached hydrogens (tertiary/aromatic N) is 1. The first kappa shape index (κ1) is 11.9. The summed E-state index contributed by atoms with van der Waals surface area (Å²) in [5.74, 6) is -0.240. The van der Waals surface area contributed by atoms with Crippen molar-refractivity contribution in [2.24, 2.45) is 11.1 Å². The fourth-order valence-electron chi connectivity index (χ4n) is 0.622. The van der Waals surface area contributed by atoms with E-state index in [0.29, 0.717) is 6.54 Å². The van der Waals surface area contributed by atoms with Crippen molar-refractivity contribution < 1.29 is 4.79 Å². The van der Waals surface area contributed by atoms with Crippen molar-refractivity contribution in [3.05, 3.63) is 0 Å². The summed E-state index contributed by atoms with van der Waals surface area (Å²) in [7, 11) is 0. The van der Waals surface area contributed by atoms with E-state index in [1.165, 1.54) is 0 Å². The van der Waals surface area contributed by atoms with Crippen molar-refractivity contribution >= 4 is 5.91 Å². The third-order valence-corrected chi connectivity index (χ3v) is 2.21. The van der Waals surface area contributed by atoms with Crippen molar-refractivity contribution in [2.75, 3.05) is 6.54 Å². The van der Waals surface area contributed by atoms with Crippen LogP contribution in [0, 0.1) is 16.7 Å². The largest absolute Gasteiger partial charge is 0.355 e. The molecule has 0 fully saturated rings. The van der Waals surface area contributed by atoms with Crippen LogP contribution in [0.3, 0.4) is 0 Å². The summed E-state index contributed by atoms with van der Waals surface area (Å²) in [5, 5.41) is 10.9. The van der Waals surface area contributed by atoms with Gasteiger partial charge in [-0.15, -0.1) is 0 Å². The van der Waals surface area contributed by atoms with Gasteiger partial charge in [-0.25, -0.2) is 0 Å². The van der Waals surface area contributed by atoms with Crippen LogP contribution < -0.4 is 11.1 Å². The van der Waals surface area contributed by atoms with Crippen molar-refractivity contribution in [3.63, 3.8) is 0 Å². The molecular formula is C9H17N3O. The summed E-state index contributed by atoms with van der Waals surface area (Å²) in [5.41, 5.74) is 5.58. The van der Waals surface area contributed by atoms with Crippen molar-refractivity contribution in [1.29, 1.82) is 5.26 Å². The molecule has 1 atom stereocenters. The number of nitrogens with two attached hydrogens (primary N) is 1. The Labute approximate surface area is 79.1 Å². The topological polar surface area (TPSA) is 78.9 Å². The number of hydrogen-bond acceptors (Lipinski definition) is 3.